The van der Waals surface area contributed by atoms with Crippen molar-refractivity contribution in [2.24, 2.45) is 0 Å². The molecule has 0 aliphatic rings. The van der Waals surface area contributed by atoms with Gasteiger partial charge >= 0.3 is 0 Å². The first kappa shape index (κ1) is 12.2. The van der Waals surface area contributed by atoms with Gasteiger partial charge in [0.25, 0.3) is 5.91 Å². The maximum atomic E-state index is 11.5. The van der Waals surface area contributed by atoms with E-state index < -0.39 is 0 Å². The van der Waals surface area contributed by atoms with E-state index in [9.17, 15) is 4.79 Å². The van der Waals surface area contributed by atoms with Gasteiger partial charge in [0.2, 0.25) is 0 Å². The van der Waals surface area contributed by atoms with E-state index in [-0.39, 0.29) is 11.5 Å². The highest BCUT2D eigenvalue weighted by molar-refractivity contribution is 7.12. The Balaban J connectivity index is 2.82. The molecule has 0 radical (unpaired) electrons. The van der Waals surface area contributed by atoms with Gasteiger partial charge in [-0.3, -0.25) is 4.79 Å². The summed E-state index contributed by atoms with van der Waals surface area (Å²) in [7, 11) is 0. The molecule has 1 aromatic heterocycles. The van der Waals surface area contributed by atoms with Crippen LogP contribution in [0.5, 0.6) is 0 Å². The second-order valence-electron chi connectivity index (χ2n) is 3.12. The van der Waals surface area contributed by atoms with Crippen molar-refractivity contribution in [1.29, 1.82) is 5.26 Å². The van der Waals surface area contributed by atoms with Gasteiger partial charge in [-0.05, 0) is 25.1 Å². The van der Waals surface area contributed by atoms with Crippen molar-refractivity contribution < 1.29 is 4.79 Å². The number of aryl methyl sites for hydroxylation is 1. The number of carbonyl (C=O) groups excluding carboxylic acids is 1. The van der Waals surface area contributed by atoms with E-state index in [1.165, 1.54) is 0 Å². The van der Waals surface area contributed by atoms with Gasteiger partial charge in [0.1, 0.15) is 11.6 Å². The van der Waals surface area contributed by atoms with Gasteiger partial charge < -0.3 is 5.32 Å². The molecular weight excluding hydrogens is 220 g/mol. The zero-order chi connectivity index (χ0) is 12.0. The molecule has 0 aliphatic heterocycles. The monoisotopic (exact) mass is 232 g/mol. The van der Waals surface area contributed by atoms with Gasteiger partial charge in [0.05, 0.1) is 0 Å². The lowest BCUT2D eigenvalue weighted by Crippen LogP contribution is -2.24. The molecule has 0 aromatic carbocycles. The van der Waals surface area contributed by atoms with Crippen LogP contribution in [0.15, 0.2) is 30.4 Å². The highest BCUT2D eigenvalue weighted by Gasteiger charge is 2.07. The number of thiophene rings is 1. The van der Waals surface area contributed by atoms with Crippen molar-refractivity contribution in [3.05, 3.63) is 40.1 Å². The Labute approximate surface area is 98.7 Å². The SMILES string of the molecule is C=CCNC(=O)C(C#N)=Cc1ccc(C)s1. The molecule has 82 valence electrons. The molecule has 3 nitrogen and oxygen atoms in total. The summed E-state index contributed by atoms with van der Waals surface area (Å²) < 4.78 is 0. The molecule has 4 heteroatoms. The Morgan fingerprint density at radius 2 is 2.44 bits per heavy atom. The van der Waals surface area contributed by atoms with Crippen molar-refractivity contribution in [2.75, 3.05) is 6.54 Å². The minimum atomic E-state index is -0.367. The number of nitrogens with one attached hydrogen (secondary N) is 1. The second-order valence-corrected chi connectivity index (χ2v) is 4.44. The Kier molecular flexibility index (Phi) is 4.49. The van der Waals surface area contributed by atoms with Crippen LogP contribution >= 0.6 is 11.3 Å². The fourth-order valence-corrected chi connectivity index (χ4v) is 1.90. The van der Waals surface area contributed by atoms with E-state index in [1.54, 1.807) is 23.5 Å². The normalized spacial score (nSPS) is 10.6. The predicted octanol–water partition coefficient (Wildman–Crippen LogP) is 2.27. The standard InChI is InChI=1S/C12H12N2OS/c1-3-6-14-12(15)10(8-13)7-11-5-4-9(2)16-11/h3-5,7H,1,6H2,2H3,(H,14,15). The van der Waals surface area contributed by atoms with E-state index in [1.807, 2.05) is 25.1 Å². The van der Waals surface area contributed by atoms with Gasteiger partial charge in [-0.1, -0.05) is 6.08 Å². The minimum absolute atomic E-state index is 0.115. The Hall–Kier alpha value is -1.86. The average molecular weight is 232 g/mol. The third kappa shape index (κ3) is 3.37. The van der Waals surface area contributed by atoms with E-state index >= 15 is 0 Å². The fraction of sp³-hybridized carbons (Fsp3) is 0.167. The van der Waals surface area contributed by atoms with E-state index in [2.05, 4.69) is 11.9 Å². The zero-order valence-corrected chi connectivity index (χ0v) is 9.80. The van der Waals surface area contributed by atoms with Gasteiger partial charge in [-0.2, -0.15) is 5.26 Å². The molecule has 0 atom stereocenters. The number of hydrogen-bond donors (Lipinski definition) is 1. The van der Waals surface area contributed by atoms with Gasteiger partial charge in [-0.25, -0.2) is 0 Å². The summed E-state index contributed by atoms with van der Waals surface area (Å²) in [6, 6.07) is 5.73. The average Bonchev–Trinajstić information content (AvgIpc) is 2.68. The lowest BCUT2D eigenvalue weighted by atomic mass is 10.2. The predicted molar refractivity (Wildman–Crippen MR) is 65.9 cm³/mol. The number of nitriles is 1. The lowest BCUT2D eigenvalue weighted by molar-refractivity contribution is -0.116. The van der Waals surface area contributed by atoms with Crippen molar-refractivity contribution in [2.45, 2.75) is 6.92 Å². The van der Waals surface area contributed by atoms with Crippen molar-refractivity contribution >= 4 is 23.3 Å². The van der Waals surface area contributed by atoms with Crippen LogP contribution in [0.3, 0.4) is 0 Å². The van der Waals surface area contributed by atoms with E-state index in [4.69, 9.17) is 5.26 Å². The molecular formula is C12H12N2OS. The summed E-state index contributed by atoms with van der Waals surface area (Å²) in [5.74, 6) is -0.367. The minimum Gasteiger partial charge on any atom is -0.348 e. The van der Waals surface area contributed by atoms with Gasteiger partial charge in [0.15, 0.2) is 0 Å². The summed E-state index contributed by atoms with van der Waals surface area (Å²) in [5, 5.41) is 11.4. The van der Waals surface area contributed by atoms with Crippen LogP contribution < -0.4 is 5.32 Å². The van der Waals surface area contributed by atoms with Crippen LogP contribution in [0, 0.1) is 18.3 Å². The highest BCUT2D eigenvalue weighted by atomic mass is 32.1. The Morgan fingerprint density at radius 3 is 2.94 bits per heavy atom. The van der Waals surface area contributed by atoms with E-state index in [0.717, 1.165) is 9.75 Å². The summed E-state index contributed by atoms with van der Waals surface area (Å²) >= 11 is 1.55. The molecule has 0 fully saturated rings. The van der Waals surface area contributed by atoms with Crippen molar-refractivity contribution in [3.63, 3.8) is 0 Å². The molecule has 0 saturated carbocycles. The number of nitrogens with zero attached hydrogens (tertiary/aromatic N) is 1. The molecule has 0 bridgehead atoms. The number of hydrogen-bond acceptors (Lipinski definition) is 3. The molecule has 0 saturated heterocycles. The second kappa shape index (κ2) is 5.89. The first-order valence-electron chi connectivity index (χ1n) is 4.74. The maximum Gasteiger partial charge on any atom is 0.262 e. The van der Waals surface area contributed by atoms with Crippen LogP contribution in [0.2, 0.25) is 0 Å². The maximum absolute atomic E-state index is 11.5. The third-order valence-electron chi connectivity index (χ3n) is 1.82. The molecule has 1 aromatic rings. The molecule has 0 unspecified atom stereocenters. The van der Waals surface area contributed by atoms with Crippen molar-refractivity contribution in [1.82, 2.24) is 5.32 Å². The highest BCUT2D eigenvalue weighted by Crippen LogP contribution is 2.18. The smallest absolute Gasteiger partial charge is 0.262 e. The molecule has 0 aliphatic carbocycles. The van der Waals surface area contributed by atoms with Crippen LogP contribution in [0.25, 0.3) is 6.08 Å². The van der Waals surface area contributed by atoms with Gasteiger partial charge in [-0.15, -0.1) is 17.9 Å². The number of amides is 1. The fourth-order valence-electron chi connectivity index (χ4n) is 1.08. The molecule has 1 N–H and O–H groups in total. The quantitative estimate of drug-likeness (QED) is 0.492. The summed E-state index contributed by atoms with van der Waals surface area (Å²) in [4.78, 5) is 13.6. The Morgan fingerprint density at radius 1 is 1.69 bits per heavy atom. The van der Waals surface area contributed by atoms with Crippen LogP contribution in [0.4, 0.5) is 0 Å². The van der Waals surface area contributed by atoms with Crippen LogP contribution in [-0.4, -0.2) is 12.5 Å². The summed E-state index contributed by atoms with van der Waals surface area (Å²) in [6.07, 6.45) is 3.16. The first-order valence-corrected chi connectivity index (χ1v) is 5.56. The van der Waals surface area contributed by atoms with E-state index in [0.29, 0.717) is 6.54 Å². The van der Waals surface area contributed by atoms with Crippen LogP contribution in [0.1, 0.15) is 9.75 Å². The molecule has 0 spiro atoms. The molecule has 1 heterocycles. The molecule has 1 amide bonds. The third-order valence-corrected chi connectivity index (χ3v) is 2.77. The topological polar surface area (TPSA) is 52.9 Å². The lowest BCUT2D eigenvalue weighted by Gasteiger charge is -1.98. The molecule has 16 heavy (non-hydrogen) atoms. The zero-order valence-electron chi connectivity index (χ0n) is 8.99. The number of carbonyl (C=O) groups is 1. The first-order chi connectivity index (χ1) is 7.67. The summed E-state index contributed by atoms with van der Waals surface area (Å²) in [6.45, 7) is 5.83. The molecule has 1 rings (SSSR count). The number of rotatable bonds is 4. The summed E-state index contributed by atoms with van der Waals surface area (Å²) in [5.41, 5.74) is 0.115. The Bertz CT molecular complexity index is 466. The van der Waals surface area contributed by atoms with Crippen LogP contribution in [-0.2, 0) is 4.79 Å². The van der Waals surface area contributed by atoms with Crippen molar-refractivity contribution in [3.8, 4) is 6.07 Å². The largest absolute Gasteiger partial charge is 0.348 e. The van der Waals surface area contributed by atoms with Gasteiger partial charge in [0, 0.05) is 16.3 Å².